The van der Waals surface area contributed by atoms with Crippen LogP contribution in [0.15, 0.2) is 23.8 Å². The molecule has 0 N–H and O–H groups in total. The van der Waals surface area contributed by atoms with Crippen LogP contribution in [0.4, 0.5) is 13.3 Å². The smallest absolute Gasteiger partial charge is 0.302 e. The normalized spacial score (nSPS) is 18.9. The van der Waals surface area contributed by atoms with Crippen molar-refractivity contribution in [3.63, 3.8) is 0 Å². The predicted octanol–water partition coefficient (Wildman–Crippen LogP) is 2.57. The van der Waals surface area contributed by atoms with Gasteiger partial charge in [0, 0.05) is 0 Å². The molecular formula is C9H9F3O2. The van der Waals surface area contributed by atoms with Crippen molar-refractivity contribution in [2.75, 3.05) is 0 Å². The Morgan fingerprint density at radius 3 is 2.64 bits per heavy atom. The monoisotopic (exact) mass is 206 g/mol. The summed E-state index contributed by atoms with van der Waals surface area (Å²) in [6.07, 6.45) is 1.72. The summed E-state index contributed by atoms with van der Waals surface area (Å²) in [4.78, 5) is 12.9. The number of rotatable bonds is 4. The summed E-state index contributed by atoms with van der Waals surface area (Å²) in [5, 5.41) is 0. The van der Waals surface area contributed by atoms with Crippen molar-refractivity contribution >= 4 is 6.29 Å². The van der Waals surface area contributed by atoms with Crippen LogP contribution >= 0.6 is 0 Å². The van der Waals surface area contributed by atoms with E-state index < -0.39 is 12.0 Å². The van der Waals surface area contributed by atoms with Gasteiger partial charge < -0.3 is 4.79 Å². The first-order valence-corrected chi connectivity index (χ1v) is 4.11. The first-order valence-electron chi connectivity index (χ1n) is 4.11. The molecule has 5 heteroatoms. The number of carbonyl (C=O) groups excluding carboxylic acids is 1. The van der Waals surface area contributed by atoms with Crippen molar-refractivity contribution in [2.24, 2.45) is 5.92 Å². The maximum Gasteiger partial charge on any atom is 0.399 e. The molecule has 0 aromatic carbocycles. The van der Waals surface area contributed by atoms with E-state index in [1.54, 1.807) is 6.08 Å². The van der Waals surface area contributed by atoms with Crippen LogP contribution in [0.1, 0.15) is 12.8 Å². The number of carbonyl (C=O) groups is 1. The maximum absolute atomic E-state index is 12.7. The fraction of sp³-hybridized carbons (Fsp3) is 0.444. The van der Waals surface area contributed by atoms with Gasteiger partial charge in [-0.2, -0.15) is 8.78 Å². The standard InChI is InChI=1S/C9H9F3O2/c10-9(11,14-12)8(6-13)7-4-2-1-3-5-7/h2,4-6,8H,1,3H2. The van der Waals surface area contributed by atoms with E-state index in [0.29, 0.717) is 6.42 Å². The van der Waals surface area contributed by atoms with Gasteiger partial charge in [-0.15, -0.1) is 4.94 Å². The molecule has 0 aromatic heterocycles. The summed E-state index contributed by atoms with van der Waals surface area (Å²) < 4.78 is 36.9. The van der Waals surface area contributed by atoms with Crippen LogP contribution < -0.4 is 0 Å². The van der Waals surface area contributed by atoms with Gasteiger partial charge in [0.15, 0.2) is 0 Å². The Morgan fingerprint density at radius 2 is 2.21 bits per heavy atom. The van der Waals surface area contributed by atoms with Gasteiger partial charge in [0.2, 0.25) is 0 Å². The number of hydrogen-bond donors (Lipinski definition) is 0. The Morgan fingerprint density at radius 1 is 1.50 bits per heavy atom. The highest BCUT2D eigenvalue weighted by molar-refractivity contribution is 5.62. The molecular weight excluding hydrogens is 197 g/mol. The van der Waals surface area contributed by atoms with E-state index in [1.807, 2.05) is 0 Å². The van der Waals surface area contributed by atoms with Crippen molar-refractivity contribution in [2.45, 2.75) is 19.0 Å². The molecule has 0 fully saturated rings. The summed E-state index contributed by atoms with van der Waals surface area (Å²) in [7, 11) is 0. The summed E-state index contributed by atoms with van der Waals surface area (Å²) in [5.41, 5.74) is 0.0916. The minimum atomic E-state index is -4.09. The van der Waals surface area contributed by atoms with E-state index in [1.165, 1.54) is 12.2 Å². The third kappa shape index (κ3) is 2.23. The second kappa shape index (κ2) is 4.41. The fourth-order valence-electron chi connectivity index (χ4n) is 1.26. The van der Waals surface area contributed by atoms with Gasteiger partial charge in [-0.05, 0) is 22.9 Å². The quantitative estimate of drug-likeness (QED) is 0.661. The van der Waals surface area contributed by atoms with Gasteiger partial charge in [0.25, 0.3) is 0 Å². The summed E-state index contributed by atoms with van der Waals surface area (Å²) >= 11 is 0. The lowest BCUT2D eigenvalue weighted by Gasteiger charge is -2.19. The number of allylic oxidation sites excluding steroid dienone is 3. The van der Waals surface area contributed by atoms with Crippen molar-refractivity contribution < 1.29 is 23.0 Å². The Balaban J connectivity index is 2.86. The van der Waals surface area contributed by atoms with Gasteiger partial charge >= 0.3 is 6.11 Å². The number of aldehydes is 1. The Kier molecular flexibility index (Phi) is 3.46. The molecule has 2 nitrogen and oxygen atoms in total. The van der Waals surface area contributed by atoms with Crippen LogP contribution in [0.3, 0.4) is 0 Å². The third-order valence-corrected chi connectivity index (χ3v) is 1.98. The Hall–Kier alpha value is -1.10. The van der Waals surface area contributed by atoms with Gasteiger partial charge in [0.05, 0.1) is 0 Å². The first kappa shape index (κ1) is 11.0. The van der Waals surface area contributed by atoms with Gasteiger partial charge in [0.1, 0.15) is 12.2 Å². The molecule has 0 saturated heterocycles. The lowest BCUT2D eigenvalue weighted by Crippen LogP contribution is -2.31. The van der Waals surface area contributed by atoms with E-state index in [4.69, 9.17) is 0 Å². The zero-order chi connectivity index (χ0) is 10.6. The van der Waals surface area contributed by atoms with Gasteiger partial charge in [-0.25, -0.2) is 0 Å². The van der Waals surface area contributed by atoms with Gasteiger partial charge in [-0.3, -0.25) is 0 Å². The molecule has 1 unspecified atom stereocenters. The number of hydrogen-bond acceptors (Lipinski definition) is 2. The van der Waals surface area contributed by atoms with Crippen LogP contribution in [-0.4, -0.2) is 12.4 Å². The van der Waals surface area contributed by atoms with E-state index in [2.05, 4.69) is 4.94 Å². The van der Waals surface area contributed by atoms with Crippen molar-refractivity contribution in [1.29, 1.82) is 0 Å². The molecule has 78 valence electrons. The molecule has 0 heterocycles. The fourth-order valence-corrected chi connectivity index (χ4v) is 1.26. The molecule has 1 aliphatic carbocycles. The molecule has 0 aromatic rings. The molecule has 0 radical (unpaired) electrons. The molecule has 14 heavy (non-hydrogen) atoms. The second-order valence-electron chi connectivity index (χ2n) is 2.94. The molecule has 0 aliphatic heterocycles. The summed E-state index contributed by atoms with van der Waals surface area (Å²) in [6.45, 7) is 0. The SMILES string of the molecule is O=CC(C1=CCCC=C1)C(F)(F)OF. The summed E-state index contributed by atoms with van der Waals surface area (Å²) in [5.74, 6) is -1.87. The second-order valence-corrected chi connectivity index (χ2v) is 2.94. The van der Waals surface area contributed by atoms with Crippen LogP contribution in [-0.2, 0) is 9.74 Å². The van der Waals surface area contributed by atoms with Crippen molar-refractivity contribution in [1.82, 2.24) is 0 Å². The Labute approximate surface area is 78.9 Å². The van der Waals surface area contributed by atoms with E-state index in [9.17, 15) is 18.1 Å². The van der Waals surface area contributed by atoms with Crippen LogP contribution in [0.2, 0.25) is 0 Å². The topological polar surface area (TPSA) is 26.3 Å². The van der Waals surface area contributed by atoms with Crippen molar-refractivity contribution in [3.8, 4) is 0 Å². The maximum atomic E-state index is 12.7. The molecule has 0 amide bonds. The molecule has 1 atom stereocenters. The minimum Gasteiger partial charge on any atom is -0.302 e. The average Bonchev–Trinajstić information content (AvgIpc) is 2.20. The zero-order valence-corrected chi connectivity index (χ0v) is 7.25. The lowest BCUT2D eigenvalue weighted by molar-refractivity contribution is -0.364. The van der Waals surface area contributed by atoms with E-state index in [0.717, 1.165) is 6.42 Å². The molecule has 1 rings (SSSR count). The zero-order valence-electron chi connectivity index (χ0n) is 7.25. The van der Waals surface area contributed by atoms with E-state index in [-0.39, 0.29) is 11.9 Å². The molecule has 0 spiro atoms. The third-order valence-electron chi connectivity index (χ3n) is 1.98. The average molecular weight is 206 g/mol. The van der Waals surface area contributed by atoms with Gasteiger partial charge in [-0.1, -0.05) is 18.2 Å². The summed E-state index contributed by atoms with van der Waals surface area (Å²) in [6, 6.07) is 0. The number of halogens is 3. The highest BCUT2D eigenvalue weighted by Crippen LogP contribution is 2.32. The Bertz CT molecular complexity index is 271. The van der Waals surface area contributed by atoms with Crippen LogP contribution in [0, 0.1) is 5.92 Å². The van der Waals surface area contributed by atoms with E-state index >= 15 is 0 Å². The molecule has 0 bridgehead atoms. The number of alkyl halides is 2. The predicted molar refractivity (Wildman–Crippen MR) is 43.2 cm³/mol. The highest BCUT2D eigenvalue weighted by Gasteiger charge is 2.44. The lowest BCUT2D eigenvalue weighted by atomic mass is 9.94. The molecule has 1 aliphatic rings. The minimum absolute atomic E-state index is 0.0128. The van der Waals surface area contributed by atoms with Crippen molar-refractivity contribution in [3.05, 3.63) is 23.8 Å². The largest absolute Gasteiger partial charge is 0.399 e. The highest BCUT2D eigenvalue weighted by atomic mass is 19.4. The molecule has 0 saturated carbocycles. The van der Waals surface area contributed by atoms with Crippen LogP contribution in [0.5, 0.6) is 0 Å². The van der Waals surface area contributed by atoms with Crippen LogP contribution in [0.25, 0.3) is 0 Å². The first-order chi connectivity index (χ1) is 6.61.